The van der Waals surface area contributed by atoms with Crippen LogP contribution >= 0.6 is 0 Å². The van der Waals surface area contributed by atoms with Gasteiger partial charge in [-0.05, 0) is 45.0 Å². The molecule has 5 nitrogen and oxygen atoms in total. The van der Waals surface area contributed by atoms with Crippen LogP contribution in [0.2, 0.25) is 0 Å². The van der Waals surface area contributed by atoms with Gasteiger partial charge in [-0.3, -0.25) is 4.79 Å². The molecule has 0 bridgehead atoms. The van der Waals surface area contributed by atoms with Gasteiger partial charge in [0.1, 0.15) is 0 Å². The Bertz CT molecular complexity index is 608. The van der Waals surface area contributed by atoms with Crippen molar-refractivity contribution in [3.8, 4) is 0 Å². The van der Waals surface area contributed by atoms with Gasteiger partial charge >= 0.3 is 0 Å². The number of piperazine rings is 1. The number of carbonyl (C=O) groups is 1. The minimum Gasteiger partial charge on any atom is -0.336 e. The van der Waals surface area contributed by atoms with E-state index in [-0.39, 0.29) is 16.8 Å². The summed E-state index contributed by atoms with van der Waals surface area (Å²) in [6.45, 7) is 7.47. The molecule has 6 heteroatoms. The summed E-state index contributed by atoms with van der Waals surface area (Å²) in [4.78, 5) is 14.5. The molecular weight excluding hydrogens is 288 g/mol. The Morgan fingerprint density at radius 1 is 1.29 bits per heavy atom. The van der Waals surface area contributed by atoms with Crippen molar-refractivity contribution < 1.29 is 13.2 Å². The molecule has 1 atom stereocenters. The van der Waals surface area contributed by atoms with Crippen LogP contribution in [0.3, 0.4) is 0 Å². The monoisotopic (exact) mass is 310 g/mol. The van der Waals surface area contributed by atoms with Gasteiger partial charge in [0.15, 0.2) is 9.84 Å². The summed E-state index contributed by atoms with van der Waals surface area (Å²) < 4.78 is 24.1. The van der Waals surface area contributed by atoms with Crippen LogP contribution in [0.1, 0.15) is 31.1 Å². The molecule has 1 N–H and O–H groups in total. The maximum Gasteiger partial charge on any atom is 0.253 e. The number of sulfone groups is 1. The molecule has 1 aromatic rings. The molecule has 116 valence electrons. The second-order valence-electron chi connectivity index (χ2n) is 5.72. The van der Waals surface area contributed by atoms with E-state index in [1.54, 1.807) is 30.9 Å². The highest BCUT2D eigenvalue weighted by atomic mass is 32.2. The molecule has 1 fully saturated rings. The van der Waals surface area contributed by atoms with Crippen LogP contribution in [-0.2, 0) is 9.84 Å². The summed E-state index contributed by atoms with van der Waals surface area (Å²) in [6, 6.07) is 6.53. The minimum atomic E-state index is -3.29. The maximum atomic E-state index is 12.4. The van der Waals surface area contributed by atoms with E-state index in [0.717, 1.165) is 6.54 Å². The van der Waals surface area contributed by atoms with Gasteiger partial charge < -0.3 is 10.2 Å². The van der Waals surface area contributed by atoms with Crippen molar-refractivity contribution in [1.82, 2.24) is 10.2 Å². The van der Waals surface area contributed by atoms with Crippen LogP contribution < -0.4 is 5.32 Å². The van der Waals surface area contributed by atoms with Gasteiger partial charge in [-0.15, -0.1) is 0 Å². The zero-order valence-corrected chi connectivity index (χ0v) is 13.5. The highest BCUT2D eigenvalue weighted by Crippen LogP contribution is 2.17. The van der Waals surface area contributed by atoms with Gasteiger partial charge in [-0.25, -0.2) is 8.42 Å². The first-order valence-corrected chi connectivity index (χ1v) is 8.73. The molecule has 0 radical (unpaired) electrons. The quantitative estimate of drug-likeness (QED) is 0.914. The number of hydrogen-bond donors (Lipinski definition) is 1. The van der Waals surface area contributed by atoms with E-state index in [0.29, 0.717) is 18.7 Å². The lowest BCUT2D eigenvalue weighted by Crippen LogP contribution is -2.51. The summed E-state index contributed by atoms with van der Waals surface area (Å²) in [7, 11) is -3.29. The molecule has 2 rings (SSSR count). The third-order valence-corrected chi connectivity index (χ3v) is 5.88. The molecule has 1 saturated heterocycles. The fourth-order valence-corrected chi connectivity index (χ4v) is 3.42. The number of rotatable bonds is 3. The SMILES string of the molecule is CC(C)S(=O)(=O)c1ccc(C(=O)N2CCN[C@@H](C)C2)cc1. The van der Waals surface area contributed by atoms with E-state index >= 15 is 0 Å². The van der Waals surface area contributed by atoms with Crippen LogP contribution in [0.15, 0.2) is 29.2 Å². The lowest BCUT2D eigenvalue weighted by molar-refractivity contribution is 0.0709. The fourth-order valence-electron chi connectivity index (χ4n) is 2.36. The number of carbonyl (C=O) groups excluding carboxylic acids is 1. The zero-order valence-electron chi connectivity index (χ0n) is 12.7. The van der Waals surface area contributed by atoms with Crippen LogP contribution in [0.25, 0.3) is 0 Å². The Kier molecular flexibility index (Phi) is 4.68. The van der Waals surface area contributed by atoms with Gasteiger partial charge in [-0.2, -0.15) is 0 Å². The highest BCUT2D eigenvalue weighted by Gasteiger charge is 2.23. The molecular formula is C15H22N2O3S. The first-order valence-electron chi connectivity index (χ1n) is 7.19. The summed E-state index contributed by atoms with van der Waals surface area (Å²) in [5.41, 5.74) is 0.534. The molecule has 1 amide bonds. The van der Waals surface area contributed by atoms with Crippen molar-refractivity contribution in [2.75, 3.05) is 19.6 Å². The number of amides is 1. The lowest BCUT2D eigenvalue weighted by atomic mass is 10.1. The molecule has 21 heavy (non-hydrogen) atoms. The Morgan fingerprint density at radius 3 is 2.43 bits per heavy atom. The van der Waals surface area contributed by atoms with E-state index in [9.17, 15) is 13.2 Å². The van der Waals surface area contributed by atoms with Crippen LogP contribution in [0, 0.1) is 0 Å². The highest BCUT2D eigenvalue weighted by molar-refractivity contribution is 7.92. The Labute approximate surface area is 126 Å². The third-order valence-electron chi connectivity index (χ3n) is 3.71. The molecule has 0 aliphatic carbocycles. The zero-order chi connectivity index (χ0) is 15.6. The fraction of sp³-hybridized carbons (Fsp3) is 0.533. The smallest absolute Gasteiger partial charge is 0.253 e. The number of hydrogen-bond acceptors (Lipinski definition) is 4. The molecule has 1 aromatic carbocycles. The molecule has 1 aliphatic heterocycles. The van der Waals surface area contributed by atoms with E-state index in [2.05, 4.69) is 5.32 Å². The molecule has 1 aliphatic rings. The van der Waals surface area contributed by atoms with Crippen molar-refractivity contribution in [2.24, 2.45) is 0 Å². The number of benzene rings is 1. The molecule has 0 unspecified atom stereocenters. The van der Waals surface area contributed by atoms with Crippen LogP contribution in [-0.4, -0.2) is 50.2 Å². The molecule has 0 spiro atoms. The largest absolute Gasteiger partial charge is 0.336 e. The average Bonchev–Trinajstić information content (AvgIpc) is 2.46. The number of nitrogens with one attached hydrogen (secondary N) is 1. The van der Waals surface area contributed by atoms with Gasteiger partial charge in [0, 0.05) is 31.2 Å². The van der Waals surface area contributed by atoms with Gasteiger partial charge in [0.2, 0.25) is 0 Å². The van der Waals surface area contributed by atoms with Crippen molar-refractivity contribution in [1.29, 1.82) is 0 Å². The first-order chi connectivity index (χ1) is 9.82. The maximum absolute atomic E-state index is 12.4. The Hall–Kier alpha value is -1.40. The summed E-state index contributed by atoms with van der Waals surface area (Å²) in [5, 5.41) is 2.82. The minimum absolute atomic E-state index is 0.0446. The average molecular weight is 310 g/mol. The Balaban J connectivity index is 2.17. The van der Waals surface area contributed by atoms with E-state index in [1.807, 2.05) is 6.92 Å². The van der Waals surface area contributed by atoms with Gasteiger partial charge in [-0.1, -0.05) is 0 Å². The van der Waals surface area contributed by atoms with Gasteiger partial charge in [0.05, 0.1) is 10.1 Å². The van der Waals surface area contributed by atoms with Crippen molar-refractivity contribution in [3.05, 3.63) is 29.8 Å². The molecule has 0 aromatic heterocycles. The van der Waals surface area contributed by atoms with Gasteiger partial charge in [0.25, 0.3) is 5.91 Å². The summed E-state index contributed by atoms with van der Waals surface area (Å²) in [5.74, 6) is -0.0446. The predicted molar refractivity (Wildman–Crippen MR) is 82.1 cm³/mol. The van der Waals surface area contributed by atoms with Crippen LogP contribution in [0.4, 0.5) is 0 Å². The Morgan fingerprint density at radius 2 is 1.90 bits per heavy atom. The summed E-state index contributed by atoms with van der Waals surface area (Å²) >= 11 is 0. The normalized spacial score (nSPS) is 19.8. The topological polar surface area (TPSA) is 66.5 Å². The predicted octanol–water partition coefficient (Wildman–Crippen LogP) is 1.30. The standard InChI is InChI=1S/C15H22N2O3S/c1-11(2)21(19,20)14-6-4-13(5-7-14)15(18)17-9-8-16-12(3)10-17/h4-7,11-12,16H,8-10H2,1-3H3/t12-/m0/s1. The van der Waals surface area contributed by atoms with Crippen LogP contribution in [0.5, 0.6) is 0 Å². The van der Waals surface area contributed by atoms with E-state index in [1.165, 1.54) is 12.1 Å². The first kappa shape index (κ1) is 16.0. The van der Waals surface area contributed by atoms with E-state index in [4.69, 9.17) is 0 Å². The third kappa shape index (κ3) is 3.44. The number of nitrogens with zero attached hydrogens (tertiary/aromatic N) is 1. The van der Waals surface area contributed by atoms with Crippen molar-refractivity contribution >= 4 is 15.7 Å². The van der Waals surface area contributed by atoms with E-state index < -0.39 is 15.1 Å². The second kappa shape index (κ2) is 6.15. The molecule has 1 heterocycles. The second-order valence-corrected chi connectivity index (χ2v) is 8.23. The van der Waals surface area contributed by atoms with Crippen molar-refractivity contribution in [3.63, 3.8) is 0 Å². The molecule has 0 saturated carbocycles. The summed E-state index contributed by atoms with van der Waals surface area (Å²) in [6.07, 6.45) is 0. The lowest BCUT2D eigenvalue weighted by Gasteiger charge is -2.32. The van der Waals surface area contributed by atoms with Crippen molar-refractivity contribution in [2.45, 2.75) is 37.0 Å².